The monoisotopic (exact) mass is 277 g/mol. The molecule has 5 nitrogen and oxygen atoms in total. The fraction of sp³-hybridized carbons (Fsp3) is 0.400. The zero-order valence-electron chi connectivity index (χ0n) is 11.6. The maximum Gasteiger partial charge on any atom is 0.241 e. The largest absolute Gasteiger partial charge is 0.392 e. The van der Waals surface area contributed by atoms with Crippen molar-refractivity contribution in [3.05, 3.63) is 42.6 Å². The van der Waals surface area contributed by atoms with Crippen LogP contribution < -0.4 is 16.4 Å². The van der Waals surface area contributed by atoms with Gasteiger partial charge in [0.1, 0.15) is 0 Å². The molecule has 0 fully saturated rings. The summed E-state index contributed by atoms with van der Waals surface area (Å²) in [5.41, 5.74) is 7.34. The number of anilines is 1. The number of nitrogens with two attached hydrogens (primary N) is 1. The first-order chi connectivity index (χ1) is 9.67. The number of amides is 1. The second kappa shape index (κ2) is 9.12. The number of unbranched alkanes of at least 4 members (excludes halogenated alkanes) is 1. The molecule has 0 aliphatic carbocycles. The van der Waals surface area contributed by atoms with E-state index >= 15 is 0 Å². The number of hydrogen-bond acceptors (Lipinski definition) is 4. The van der Waals surface area contributed by atoms with E-state index in [-0.39, 0.29) is 12.5 Å². The van der Waals surface area contributed by atoms with Crippen LogP contribution in [0, 0.1) is 0 Å². The Balaban J connectivity index is 2.31. The van der Waals surface area contributed by atoms with Gasteiger partial charge in [-0.25, -0.2) is 0 Å². The van der Waals surface area contributed by atoms with Crippen LogP contribution in [-0.4, -0.2) is 23.6 Å². The molecule has 1 rings (SSSR count). The number of aliphatic hydroxyl groups excluding tert-OH is 1. The van der Waals surface area contributed by atoms with Gasteiger partial charge in [0.2, 0.25) is 5.91 Å². The van der Waals surface area contributed by atoms with Gasteiger partial charge < -0.3 is 21.5 Å². The second-order valence-electron chi connectivity index (χ2n) is 4.60. The lowest BCUT2D eigenvalue weighted by atomic mass is 10.1. The number of nitrogens with one attached hydrogen (secondary N) is 2. The molecule has 0 spiro atoms. The van der Waals surface area contributed by atoms with E-state index in [0.717, 1.165) is 24.9 Å². The van der Waals surface area contributed by atoms with Crippen LogP contribution in [0.15, 0.2) is 37.0 Å². The quantitative estimate of drug-likeness (QED) is 0.513. The van der Waals surface area contributed by atoms with Crippen molar-refractivity contribution in [2.45, 2.75) is 31.9 Å². The number of hydrogen-bond donors (Lipinski definition) is 4. The molecule has 0 heterocycles. The lowest BCUT2D eigenvalue weighted by molar-refractivity contribution is -0.117. The van der Waals surface area contributed by atoms with Crippen LogP contribution in [0.2, 0.25) is 0 Å². The van der Waals surface area contributed by atoms with E-state index in [9.17, 15) is 4.79 Å². The van der Waals surface area contributed by atoms with Gasteiger partial charge in [-0.05, 0) is 43.2 Å². The van der Waals surface area contributed by atoms with Crippen LogP contribution in [0.25, 0.3) is 0 Å². The SMILES string of the molecule is C=CNCCCC[C@H](N)C(=O)Nc1ccc(CO)cc1. The third-order valence-electron chi connectivity index (χ3n) is 2.97. The summed E-state index contributed by atoms with van der Waals surface area (Å²) >= 11 is 0. The summed E-state index contributed by atoms with van der Waals surface area (Å²) < 4.78 is 0. The summed E-state index contributed by atoms with van der Waals surface area (Å²) in [6, 6.07) is 6.54. The van der Waals surface area contributed by atoms with Crippen molar-refractivity contribution >= 4 is 11.6 Å². The first-order valence-corrected chi connectivity index (χ1v) is 6.78. The normalized spacial score (nSPS) is 11.7. The lowest BCUT2D eigenvalue weighted by Gasteiger charge is -2.12. The molecule has 0 bridgehead atoms. The predicted octanol–water partition coefficient (Wildman–Crippen LogP) is 1.35. The Bertz CT molecular complexity index is 418. The summed E-state index contributed by atoms with van der Waals surface area (Å²) in [5, 5.41) is 14.7. The van der Waals surface area contributed by atoms with Crippen LogP contribution >= 0.6 is 0 Å². The highest BCUT2D eigenvalue weighted by Gasteiger charge is 2.12. The fourth-order valence-corrected chi connectivity index (χ4v) is 1.75. The van der Waals surface area contributed by atoms with Crippen molar-refractivity contribution in [3.63, 3.8) is 0 Å². The predicted molar refractivity (Wildman–Crippen MR) is 81.0 cm³/mol. The van der Waals surface area contributed by atoms with E-state index in [1.54, 1.807) is 30.5 Å². The first-order valence-electron chi connectivity index (χ1n) is 6.78. The third kappa shape index (κ3) is 5.86. The molecule has 1 amide bonds. The molecule has 0 aromatic heterocycles. The fourth-order valence-electron chi connectivity index (χ4n) is 1.75. The average Bonchev–Trinajstić information content (AvgIpc) is 2.47. The van der Waals surface area contributed by atoms with Gasteiger partial charge in [-0.3, -0.25) is 4.79 Å². The highest BCUT2D eigenvalue weighted by molar-refractivity contribution is 5.94. The van der Waals surface area contributed by atoms with Crippen LogP contribution in [0.3, 0.4) is 0 Å². The molecule has 0 saturated carbocycles. The number of aliphatic hydroxyl groups is 1. The van der Waals surface area contributed by atoms with E-state index in [1.165, 1.54) is 0 Å². The Morgan fingerprint density at radius 2 is 2.05 bits per heavy atom. The van der Waals surface area contributed by atoms with Gasteiger partial charge in [0, 0.05) is 12.2 Å². The van der Waals surface area contributed by atoms with Crippen molar-refractivity contribution in [2.75, 3.05) is 11.9 Å². The highest BCUT2D eigenvalue weighted by atomic mass is 16.3. The number of carbonyl (C=O) groups excluding carboxylic acids is 1. The molecule has 20 heavy (non-hydrogen) atoms. The minimum atomic E-state index is -0.503. The van der Waals surface area contributed by atoms with Gasteiger partial charge in [0.25, 0.3) is 0 Å². The van der Waals surface area contributed by atoms with E-state index in [0.29, 0.717) is 12.1 Å². The molecule has 110 valence electrons. The molecule has 0 aliphatic heterocycles. The Labute approximate surface area is 119 Å². The number of benzene rings is 1. The van der Waals surface area contributed by atoms with Crippen LogP contribution in [0.5, 0.6) is 0 Å². The molecule has 1 atom stereocenters. The zero-order chi connectivity index (χ0) is 14.8. The molecule has 1 aromatic rings. The van der Waals surface area contributed by atoms with Crippen molar-refractivity contribution in [3.8, 4) is 0 Å². The van der Waals surface area contributed by atoms with Gasteiger partial charge in [-0.2, -0.15) is 0 Å². The van der Waals surface area contributed by atoms with Gasteiger partial charge in [0.05, 0.1) is 12.6 Å². The van der Waals surface area contributed by atoms with Gasteiger partial charge in [0.15, 0.2) is 0 Å². The Morgan fingerprint density at radius 1 is 1.35 bits per heavy atom. The standard InChI is InChI=1S/C15H23N3O2/c1-2-17-10-4-3-5-14(16)15(20)18-13-8-6-12(11-19)7-9-13/h2,6-9,14,17,19H,1,3-5,10-11,16H2,(H,18,20)/t14-/m0/s1. The Kier molecular flexibility index (Phi) is 7.39. The summed E-state index contributed by atoms with van der Waals surface area (Å²) in [6.45, 7) is 4.41. The maximum absolute atomic E-state index is 11.9. The topological polar surface area (TPSA) is 87.4 Å². The van der Waals surface area contributed by atoms with Crippen molar-refractivity contribution < 1.29 is 9.90 Å². The molecule has 0 saturated heterocycles. The smallest absolute Gasteiger partial charge is 0.241 e. The molecule has 1 aromatic carbocycles. The molecule has 0 aliphatic rings. The summed E-state index contributed by atoms with van der Waals surface area (Å²) in [6.07, 6.45) is 4.15. The summed E-state index contributed by atoms with van der Waals surface area (Å²) in [5.74, 6) is -0.182. The van der Waals surface area contributed by atoms with Crippen LogP contribution in [-0.2, 0) is 11.4 Å². The van der Waals surface area contributed by atoms with E-state index in [2.05, 4.69) is 17.2 Å². The Morgan fingerprint density at radius 3 is 2.65 bits per heavy atom. The minimum absolute atomic E-state index is 0.00746. The highest BCUT2D eigenvalue weighted by Crippen LogP contribution is 2.10. The maximum atomic E-state index is 11.9. The molecule has 0 radical (unpaired) electrons. The molecular formula is C15H23N3O2. The van der Waals surface area contributed by atoms with Crippen LogP contribution in [0.1, 0.15) is 24.8 Å². The van der Waals surface area contributed by atoms with Gasteiger partial charge >= 0.3 is 0 Å². The van der Waals surface area contributed by atoms with E-state index in [4.69, 9.17) is 10.8 Å². The van der Waals surface area contributed by atoms with Crippen molar-refractivity contribution in [1.29, 1.82) is 0 Å². The van der Waals surface area contributed by atoms with Gasteiger partial charge in [-0.15, -0.1) is 0 Å². The zero-order valence-corrected chi connectivity index (χ0v) is 11.6. The first kappa shape index (κ1) is 16.2. The summed E-state index contributed by atoms with van der Waals surface area (Å²) in [7, 11) is 0. The average molecular weight is 277 g/mol. The molecular weight excluding hydrogens is 254 g/mol. The van der Waals surface area contributed by atoms with Gasteiger partial charge in [-0.1, -0.05) is 18.7 Å². The molecule has 5 N–H and O–H groups in total. The second-order valence-corrected chi connectivity index (χ2v) is 4.60. The summed E-state index contributed by atoms with van der Waals surface area (Å²) in [4.78, 5) is 11.9. The van der Waals surface area contributed by atoms with E-state index < -0.39 is 6.04 Å². The number of rotatable bonds is 9. The van der Waals surface area contributed by atoms with Crippen molar-refractivity contribution in [2.24, 2.45) is 5.73 Å². The Hall–Kier alpha value is -1.85. The van der Waals surface area contributed by atoms with Crippen molar-refractivity contribution in [1.82, 2.24) is 5.32 Å². The van der Waals surface area contributed by atoms with E-state index in [1.807, 2.05) is 0 Å². The third-order valence-corrected chi connectivity index (χ3v) is 2.97. The lowest BCUT2D eigenvalue weighted by Crippen LogP contribution is -2.35. The molecule has 5 heteroatoms. The molecule has 0 unspecified atom stereocenters. The van der Waals surface area contributed by atoms with Crippen LogP contribution in [0.4, 0.5) is 5.69 Å². The minimum Gasteiger partial charge on any atom is -0.392 e. The number of carbonyl (C=O) groups is 1.